The fourth-order valence-corrected chi connectivity index (χ4v) is 7.49. The zero-order chi connectivity index (χ0) is 26.4. The zero-order valence-corrected chi connectivity index (χ0v) is 22.9. The average Bonchev–Trinajstić information content (AvgIpc) is 3.58. The van der Waals surface area contributed by atoms with Crippen molar-refractivity contribution >= 4 is 10.8 Å². The molecule has 1 nitrogen and oxygen atoms in total. The molecule has 2 fully saturated rings. The predicted octanol–water partition coefficient (Wildman–Crippen LogP) is 9.35. The van der Waals surface area contributed by atoms with Crippen molar-refractivity contribution in [2.24, 2.45) is 18.9 Å². The van der Waals surface area contributed by atoms with Gasteiger partial charge in [-0.15, -0.1) is 0 Å². The first-order chi connectivity index (χ1) is 17.7. The summed E-state index contributed by atoms with van der Waals surface area (Å²) in [6, 6.07) is 12.1. The van der Waals surface area contributed by atoms with Gasteiger partial charge in [0.2, 0.25) is 5.69 Å². The van der Waals surface area contributed by atoms with Crippen molar-refractivity contribution in [2.75, 3.05) is 0 Å². The standard InChI is InChI=1S/C34H46N/c1-22(2)33(23(3)4)28-15-16-30-27(19-28)17-18-35(6)34(30)32-21-29(25-11-7-8-12-25)20-31(24(32)5)26-13-9-10-14-26/h15-23,25-26,33H,7-14H2,1-6H3/q+1/i17D,18D. The molecule has 2 aliphatic rings. The highest BCUT2D eigenvalue weighted by atomic mass is 14.9. The largest absolute Gasteiger partial charge is 0.220 e. The summed E-state index contributed by atoms with van der Waals surface area (Å²) < 4.78 is 19.9. The second-order valence-corrected chi connectivity index (χ2v) is 12.2. The van der Waals surface area contributed by atoms with E-state index < -0.39 is 0 Å². The van der Waals surface area contributed by atoms with Crippen LogP contribution in [0.3, 0.4) is 0 Å². The van der Waals surface area contributed by atoms with E-state index in [4.69, 9.17) is 2.74 Å². The third-order valence-corrected chi connectivity index (χ3v) is 9.16. The minimum Gasteiger partial charge on any atom is -0.200 e. The minimum atomic E-state index is 0.304. The van der Waals surface area contributed by atoms with Gasteiger partial charge in [0.1, 0.15) is 8.42 Å². The van der Waals surface area contributed by atoms with E-state index >= 15 is 0 Å². The van der Waals surface area contributed by atoms with E-state index in [-0.39, 0.29) is 0 Å². The Labute approximate surface area is 216 Å². The van der Waals surface area contributed by atoms with Crippen LogP contribution in [0.4, 0.5) is 0 Å². The average molecular weight is 471 g/mol. The first kappa shape index (κ1) is 22.1. The number of benzene rings is 2. The molecule has 2 saturated carbocycles. The van der Waals surface area contributed by atoms with Gasteiger partial charge in [-0.1, -0.05) is 71.6 Å². The Morgan fingerprint density at radius 1 is 0.857 bits per heavy atom. The lowest BCUT2D eigenvalue weighted by Crippen LogP contribution is -2.31. The normalized spacial score (nSPS) is 18.4. The summed E-state index contributed by atoms with van der Waals surface area (Å²) in [6.45, 7) is 11.5. The maximum Gasteiger partial charge on any atom is 0.220 e. The maximum atomic E-state index is 8.95. The smallest absolute Gasteiger partial charge is 0.200 e. The van der Waals surface area contributed by atoms with Crippen LogP contribution < -0.4 is 4.57 Å². The highest BCUT2D eigenvalue weighted by molar-refractivity contribution is 5.94. The molecule has 5 rings (SSSR count). The van der Waals surface area contributed by atoms with Crippen molar-refractivity contribution in [3.05, 3.63) is 64.8 Å². The van der Waals surface area contributed by atoms with Crippen molar-refractivity contribution in [3.63, 3.8) is 0 Å². The lowest BCUT2D eigenvalue weighted by molar-refractivity contribution is -0.659. The molecule has 2 aliphatic carbocycles. The van der Waals surface area contributed by atoms with Gasteiger partial charge in [-0.2, -0.15) is 0 Å². The van der Waals surface area contributed by atoms with Gasteiger partial charge in [0, 0.05) is 6.04 Å². The molecule has 0 N–H and O–H groups in total. The van der Waals surface area contributed by atoms with Crippen molar-refractivity contribution in [2.45, 2.75) is 104 Å². The van der Waals surface area contributed by atoms with E-state index in [0.717, 1.165) is 16.5 Å². The van der Waals surface area contributed by atoms with Gasteiger partial charge in [-0.05, 0) is 102 Å². The first-order valence-corrected chi connectivity index (χ1v) is 14.3. The number of hydrogen-bond acceptors (Lipinski definition) is 0. The quantitative estimate of drug-likeness (QED) is 0.316. The molecule has 186 valence electrons. The van der Waals surface area contributed by atoms with E-state index in [1.54, 1.807) is 5.56 Å². The second kappa shape index (κ2) is 10.1. The fourth-order valence-electron chi connectivity index (χ4n) is 7.49. The van der Waals surface area contributed by atoms with Gasteiger partial charge in [0.25, 0.3) is 0 Å². The number of aromatic nitrogens is 1. The van der Waals surface area contributed by atoms with Gasteiger partial charge >= 0.3 is 0 Å². The summed E-state index contributed by atoms with van der Waals surface area (Å²) in [5.41, 5.74) is 8.13. The van der Waals surface area contributed by atoms with Crippen LogP contribution in [0.25, 0.3) is 22.0 Å². The van der Waals surface area contributed by atoms with E-state index in [0.29, 0.717) is 41.8 Å². The molecule has 2 aromatic carbocycles. The maximum absolute atomic E-state index is 8.95. The first-order valence-electron chi connectivity index (χ1n) is 15.3. The molecule has 1 heterocycles. The number of fused-ring (bicyclic) bond motifs is 1. The highest BCUT2D eigenvalue weighted by Gasteiger charge is 2.28. The SMILES string of the molecule is [2H]c1c([2H])[n+](C)c(-c2cc(C3CCCC3)cc(C3CCCC3)c2C)c2ccc(C(C(C)C)C(C)C)cc12. The monoisotopic (exact) mass is 470 g/mol. The molecular formula is C34H46N+. The third kappa shape index (κ3) is 4.68. The Bertz CT molecular complexity index is 1290. The highest BCUT2D eigenvalue weighted by Crippen LogP contribution is 2.44. The Balaban J connectivity index is 1.77. The lowest BCUT2D eigenvalue weighted by atomic mass is 9.79. The van der Waals surface area contributed by atoms with Crippen molar-refractivity contribution in [3.8, 4) is 11.3 Å². The van der Waals surface area contributed by atoms with E-state index in [2.05, 4.69) is 65.0 Å². The van der Waals surface area contributed by atoms with Crippen LogP contribution in [0.15, 0.2) is 42.5 Å². The van der Waals surface area contributed by atoms with Gasteiger partial charge in [0.05, 0.1) is 12.3 Å². The van der Waals surface area contributed by atoms with Crippen LogP contribution in [0.5, 0.6) is 0 Å². The Kier molecular flexibility index (Phi) is 6.36. The minimum absolute atomic E-state index is 0.304. The van der Waals surface area contributed by atoms with E-state index in [9.17, 15) is 0 Å². The Morgan fingerprint density at radius 2 is 1.49 bits per heavy atom. The number of nitrogens with zero attached hydrogens (tertiary/aromatic N) is 1. The predicted molar refractivity (Wildman–Crippen MR) is 150 cm³/mol. The summed E-state index contributed by atoms with van der Waals surface area (Å²) in [7, 11) is 1.99. The molecule has 0 radical (unpaired) electrons. The molecule has 0 bridgehead atoms. The fraction of sp³-hybridized carbons (Fsp3) is 0.559. The second-order valence-electron chi connectivity index (χ2n) is 12.2. The van der Waals surface area contributed by atoms with Gasteiger partial charge in [-0.3, -0.25) is 0 Å². The van der Waals surface area contributed by atoms with E-state index in [1.165, 1.54) is 73.6 Å². The van der Waals surface area contributed by atoms with Crippen LogP contribution >= 0.6 is 0 Å². The number of hydrogen-bond donors (Lipinski definition) is 0. The molecule has 0 atom stereocenters. The third-order valence-electron chi connectivity index (χ3n) is 9.16. The molecule has 0 amide bonds. The molecule has 0 saturated heterocycles. The van der Waals surface area contributed by atoms with Gasteiger partial charge in [-0.25, -0.2) is 4.57 Å². The van der Waals surface area contributed by atoms with Crippen LogP contribution in [-0.2, 0) is 7.05 Å². The molecule has 3 aromatic rings. The van der Waals surface area contributed by atoms with Crippen LogP contribution in [0.1, 0.15) is 122 Å². The molecule has 0 spiro atoms. The van der Waals surface area contributed by atoms with Gasteiger partial charge < -0.3 is 0 Å². The number of pyridine rings is 1. The molecular weight excluding hydrogens is 422 g/mol. The summed E-state index contributed by atoms with van der Waals surface area (Å²) in [4.78, 5) is 0. The topological polar surface area (TPSA) is 3.88 Å². The number of rotatable bonds is 6. The summed E-state index contributed by atoms with van der Waals surface area (Å²) in [6.07, 6.45) is 10.8. The Morgan fingerprint density at radius 3 is 2.11 bits per heavy atom. The molecule has 1 aromatic heterocycles. The van der Waals surface area contributed by atoms with Crippen LogP contribution in [0, 0.1) is 18.8 Å². The lowest BCUT2D eigenvalue weighted by Gasteiger charge is -2.26. The summed E-state index contributed by atoms with van der Waals surface area (Å²) in [5.74, 6) is 2.82. The summed E-state index contributed by atoms with van der Waals surface area (Å²) in [5, 5.41) is 2.04. The zero-order valence-electron chi connectivity index (χ0n) is 24.9. The molecule has 0 aliphatic heterocycles. The van der Waals surface area contributed by atoms with Gasteiger partial charge in [0.15, 0.2) is 6.17 Å². The molecule has 0 unspecified atom stereocenters. The Hall–Kier alpha value is -2.15. The molecule has 35 heavy (non-hydrogen) atoms. The van der Waals surface area contributed by atoms with Crippen molar-refractivity contribution in [1.29, 1.82) is 0 Å². The van der Waals surface area contributed by atoms with Crippen molar-refractivity contribution < 1.29 is 7.31 Å². The van der Waals surface area contributed by atoms with Crippen molar-refractivity contribution in [1.82, 2.24) is 0 Å². The van der Waals surface area contributed by atoms with E-state index in [1.807, 2.05) is 11.6 Å². The summed E-state index contributed by atoms with van der Waals surface area (Å²) >= 11 is 0. The molecule has 1 heteroatoms. The van der Waals surface area contributed by atoms with Crippen LogP contribution in [-0.4, -0.2) is 0 Å². The van der Waals surface area contributed by atoms with Crippen LogP contribution in [0.2, 0.25) is 0 Å².